The summed E-state index contributed by atoms with van der Waals surface area (Å²) in [7, 11) is 0. The van der Waals surface area contributed by atoms with Crippen LogP contribution in [0.4, 0.5) is 10.5 Å². The third-order valence-electron chi connectivity index (χ3n) is 4.11. The molecule has 1 aliphatic heterocycles. The summed E-state index contributed by atoms with van der Waals surface area (Å²) in [5, 5.41) is 5.65. The van der Waals surface area contributed by atoms with Crippen molar-refractivity contribution in [3.05, 3.63) is 53.6 Å². The molecule has 1 fully saturated rings. The number of anilines is 1. The summed E-state index contributed by atoms with van der Waals surface area (Å²) in [4.78, 5) is 12.0. The summed E-state index contributed by atoms with van der Waals surface area (Å²) in [6, 6.07) is 13.6. The standard InChI is InChI=1S/C18H18N2O3/c21-18(20-15-7-8-16-17(9-15)23-11-22-16)19-10-12-1-3-13(4-2-12)14-5-6-14/h1-4,7-9,14H,5-6,10-11H2,(H2,19,20,21). The first-order valence-corrected chi connectivity index (χ1v) is 7.81. The number of rotatable bonds is 4. The van der Waals surface area contributed by atoms with Crippen molar-refractivity contribution in [2.75, 3.05) is 12.1 Å². The number of benzene rings is 2. The van der Waals surface area contributed by atoms with Crippen LogP contribution in [0, 0.1) is 0 Å². The third kappa shape index (κ3) is 3.23. The minimum absolute atomic E-state index is 0.224. The smallest absolute Gasteiger partial charge is 0.319 e. The maximum absolute atomic E-state index is 12.0. The highest BCUT2D eigenvalue weighted by Gasteiger charge is 2.22. The van der Waals surface area contributed by atoms with Gasteiger partial charge in [-0.15, -0.1) is 0 Å². The zero-order chi connectivity index (χ0) is 15.6. The number of urea groups is 1. The Morgan fingerprint density at radius 1 is 1.04 bits per heavy atom. The van der Waals surface area contributed by atoms with Crippen molar-refractivity contribution >= 4 is 11.7 Å². The Bertz CT molecular complexity index is 724. The highest BCUT2D eigenvalue weighted by atomic mass is 16.7. The van der Waals surface area contributed by atoms with Crippen molar-refractivity contribution in [2.45, 2.75) is 25.3 Å². The van der Waals surface area contributed by atoms with Gasteiger partial charge in [0.25, 0.3) is 0 Å². The molecule has 1 aliphatic carbocycles. The van der Waals surface area contributed by atoms with Crippen LogP contribution in [0.3, 0.4) is 0 Å². The Balaban J connectivity index is 1.31. The van der Waals surface area contributed by atoms with Crippen LogP contribution in [-0.4, -0.2) is 12.8 Å². The number of hydrogen-bond donors (Lipinski definition) is 2. The fourth-order valence-corrected chi connectivity index (χ4v) is 2.66. The zero-order valence-corrected chi connectivity index (χ0v) is 12.7. The largest absolute Gasteiger partial charge is 0.454 e. The Morgan fingerprint density at radius 2 is 1.83 bits per heavy atom. The first-order chi connectivity index (χ1) is 11.3. The molecule has 0 spiro atoms. The lowest BCUT2D eigenvalue weighted by Crippen LogP contribution is -2.28. The van der Waals surface area contributed by atoms with E-state index >= 15 is 0 Å². The first-order valence-electron chi connectivity index (χ1n) is 7.81. The predicted molar refractivity (Wildman–Crippen MR) is 86.8 cm³/mol. The van der Waals surface area contributed by atoms with Crippen molar-refractivity contribution < 1.29 is 14.3 Å². The van der Waals surface area contributed by atoms with Gasteiger partial charge in [0.1, 0.15) is 0 Å². The Labute approximate surface area is 134 Å². The van der Waals surface area contributed by atoms with E-state index in [1.165, 1.54) is 18.4 Å². The molecule has 2 N–H and O–H groups in total. The molecule has 5 heteroatoms. The monoisotopic (exact) mass is 310 g/mol. The lowest BCUT2D eigenvalue weighted by Gasteiger charge is -2.09. The van der Waals surface area contributed by atoms with Gasteiger partial charge in [0.05, 0.1) is 0 Å². The van der Waals surface area contributed by atoms with E-state index in [2.05, 4.69) is 34.9 Å². The molecule has 0 aromatic heterocycles. The number of carbonyl (C=O) groups excluding carboxylic acids is 1. The van der Waals surface area contributed by atoms with Gasteiger partial charge in [0.2, 0.25) is 6.79 Å². The fraction of sp³-hybridized carbons (Fsp3) is 0.278. The minimum atomic E-state index is -0.241. The summed E-state index contributed by atoms with van der Waals surface area (Å²) in [5.74, 6) is 2.11. The van der Waals surface area contributed by atoms with Crippen LogP contribution < -0.4 is 20.1 Å². The van der Waals surface area contributed by atoms with E-state index in [1.54, 1.807) is 18.2 Å². The Morgan fingerprint density at radius 3 is 2.61 bits per heavy atom. The molecule has 4 rings (SSSR count). The summed E-state index contributed by atoms with van der Waals surface area (Å²) >= 11 is 0. The van der Waals surface area contributed by atoms with Gasteiger partial charge in [0.15, 0.2) is 11.5 Å². The molecule has 0 atom stereocenters. The van der Waals surface area contributed by atoms with Crippen LogP contribution in [0.25, 0.3) is 0 Å². The van der Waals surface area contributed by atoms with E-state index in [0.717, 1.165) is 11.5 Å². The molecule has 2 amide bonds. The van der Waals surface area contributed by atoms with Gasteiger partial charge >= 0.3 is 6.03 Å². The summed E-state index contributed by atoms with van der Waals surface area (Å²) in [6.45, 7) is 0.725. The van der Waals surface area contributed by atoms with Crippen LogP contribution >= 0.6 is 0 Å². The van der Waals surface area contributed by atoms with E-state index in [0.29, 0.717) is 23.7 Å². The number of fused-ring (bicyclic) bond motifs is 1. The van der Waals surface area contributed by atoms with E-state index in [-0.39, 0.29) is 12.8 Å². The molecule has 0 bridgehead atoms. The minimum Gasteiger partial charge on any atom is -0.454 e. The van der Waals surface area contributed by atoms with Crippen molar-refractivity contribution in [1.82, 2.24) is 5.32 Å². The molecule has 23 heavy (non-hydrogen) atoms. The fourth-order valence-electron chi connectivity index (χ4n) is 2.66. The van der Waals surface area contributed by atoms with Crippen LogP contribution in [0.15, 0.2) is 42.5 Å². The van der Waals surface area contributed by atoms with Gasteiger partial charge in [-0.05, 0) is 42.0 Å². The van der Waals surface area contributed by atoms with Crippen molar-refractivity contribution in [3.63, 3.8) is 0 Å². The molecule has 0 radical (unpaired) electrons. The average molecular weight is 310 g/mol. The zero-order valence-electron chi connectivity index (χ0n) is 12.7. The van der Waals surface area contributed by atoms with E-state index < -0.39 is 0 Å². The molecule has 118 valence electrons. The summed E-state index contributed by atoms with van der Waals surface area (Å²) in [5.41, 5.74) is 3.17. The lowest BCUT2D eigenvalue weighted by atomic mass is 10.1. The first kappa shape index (κ1) is 13.9. The normalized spacial score (nSPS) is 15.3. The second-order valence-electron chi connectivity index (χ2n) is 5.89. The average Bonchev–Trinajstić information content (AvgIpc) is 3.31. The number of hydrogen-bond acceptors (Lipinski definition) is 3. The van der Waals surface area contributed by atoms with Gasteiger partial charge in [-0.3, -0.25) is 0 Å². The quantitative estimate of drug-likeness (QED) is 0.907. The summed E-state index contributed by atoms with van der Waals surface area (Å²) < 4.78 is 10.5. The summed E-state index contributed by atoms with van der Waals surface area (Å²) in [6.07, 6.45) is 2.60. The number of amides is 2. The Hall–Kier alpha value is -2.69. The molecular weight excluding hydrogens is 292 g/mol. The van der Waals surface area contributed by atoms with Gasteiger partial charge in [0, 0.05) is 18.3 Å². The highest BCUT2D eigenvalue weighted by molar-refractivity contribution is 5.89. The maximum Gasteiger partial charge on any atom is 0.319 e. The molecule has 0 saturated heterocycles. The molecular formula is C18H18N2O3. The van der Waals surface area contributed by atoms with Crippen molar-refractivity contribution in [1.29, 1.82) is 0 Å². The lowest BCUT2D eigenvalue weighted by molar-refractivity contribution is 0.174. The van der Waals surface area contributed by atoms with Gasteiger partial charge in [-0.25, -0.2) is 4.79 Å². The van der Waals surface area contributed by atoms with Gasteiger partial charge in [-0.1, -0.05) is 24.3 Å². The van der Waals surface area contributed by atoms with Crippen molar-refractivity contribution in [2.24, 2.45) is 0 Å². The van der Waals surface area contributed by atoms with E-state index in [4.69, 9.17) is 9.47 Å². The second kappa shape index (κ2) is 5.83. The van der Waals surface area contributed by atoms with Crippen LogP contribution in [0.1, 0.15) is 29.9 Å². The topological polar surface area (TPSA) is 59.6 Å². The highest BCUT2D eigenvalue weighted by Crippen LogP contribution is 2.39. The van der Waals surface area contributed by atoms with Crippen molar-refractivity contribution in [3.8, 4) is 11.5 Å². The molecule has 2 aliphatic rings. The van der Waals surface area contributed by atoms with Crippen LogP contribution in [-0.2, 0) is 6.54 Å². The van der Waals surface area contributed by atoms with Gasteiger partial charge in [-0.2, -0.15) is 0 Å². The molecule has 2 aromatic rings. The Kier molecular flexibility index (Phi) is 3.54. The van der Waals surface area contributed by atoms with E-state index in [9.17, 15) is 4.79 Å². The van der Waals surface area contributed by atoms with Crippen LogP contribution in [0.2, 0.25) is 0 Å². The SMILES string of the molecule is O=C(NCc1ccc(C2CC2)cc1)Nc1ccc2c(c1)OCO2. The molecule has 1 heterocycles. The van der Waals surface area contributed by atoms with Crippen LogP contribution in [0.5, 0.6) is 11.5 Å². The molecule has 5 nitrogen and oxygen atoms in total. The maximum atomic E-state index is 12.0. The number of carbonyl (C=O) groups is 1. The third-order valence-corrected chi connectivity index (χ3v) is 4.11. The van der Waals surface area contributed by atoms with Gasteiger partial charge < -0.3 is 20.1 Å². The number of ether oxygens (including phenoxy) is 2. The molecule has 2 aromatic carbocycles. The number of nitrogens with one attached hydrogen (secondary N) is 2. The second-order valence-corrected chi connectivity index (χ2v) is 5.89. The predicted octanol–water partition coefficient (Wildman–Crippen LogP) is 3.61. The molecule has 0 unspecified atom stereocenters. The molecule has 1 saturated carbocycles. The van der Waals surface area contributed by atoms with E-state index in [1.807, 2.05) is 0 Å².